The number of halogens is 1. The van der Waals surface area contributed by atoms with Gasteiger partial charge in [-0.15, -0.1) is 0 Å². The lowest BCUT2D eigenvalue weighted by Gasteiger charge is -2.11. The molecule has 1 aromatic carbocycles. The van der Waals surface area contributed by atoms with Crippen molar-refractivity contribution >= 4 is 17.2 Å². The van der Waals surface area contributed by atoms with Crippen molar-refractivity contribution in [3.05, 3.63) is 53.1 Å². The van der Waals surface area contributed by atoms with Gasteiger partial charge in [-0.2, -0.15) is 5.26 Å². The van der Waals surface area contributed by atoms with Gasteiger partial charge in [0.25, 0.3) is 0 Å². The first kappa shape index (κ1) is 11.8. The summed E-state index contributed by atoms with van der Waals surface area (Å²) in [4.78, 5) is 3.99. The van der Waals surface area contributed by atoms with E-state index in [1.165, 1.54) is 36.5 Å². The molecule has 90 valence electrons. The van der Waals surface area contributed by atoms with Crippen LogP contribution in [0.15, 0.2) is 36.5 Å². The summed E-state index contributed by atoms with van der Waals surface area (Å²) >= 11 is 0. The van der Waals surface area contributed by atoms with Gasteiger partial charge >= 0.3 is 0 Å². The van der Waals surface area contributed by atoms with E-state index >= 15 is 0 Å². The molecule has 0 aliphatic heterocycles. The molecule has 1 aromatic heterocycles. The first-order valence-electron chi connectivity index (χ1n) is 5.04. The fourth-order valence-electron chi connectivity index (χ4n) is 1.40. The van der Waals surface area contributed by atoms with E-state index < -0.39 is 5.82 Å². The van der Waals surface area contributed by atoms with Crippen LogP contribution in [0, 0.1) is 22.4 Å². The number of nitriles is 1. The van der Waals surface area contributed by atoms with E-state index in [-0.39, 0.29) is 5.56 Å². The molecule has 0 aliphatic carbocycles. The van der Waals surface area contributed by atoms with Crippen LogP contribution in [0.5, 0.6) is 0 Å². The Morgan fingerprint density at radius 3 is 2.78 bits per heavy atom. The number of hydrogen-bond acceptors (Lipinski definition) is 5. The van der Waals surface area contributed by atoms with Crippen molar-refractivity contribution in [2.75, 3.05) is 10.8 Å². The maximum absolute atomic E-state index is 13.1. The fourth-order valence-corrected chi connectivity index (χ4v) is 1.40. The number of hydrogen-bond donors (Lipinski definition) is 2. The maximum atomic E-state index is 13.1. The third kappa shape index (κ3) is 2.53. The van der Waals surface area contributed by atoms with E-state index in [4.69, 9.17) is 5.26 Å². The van der Waals surface area contributed by atoms with Crippen molar-refractivity contribution in [2.45, 2.75) is 0 Å². The minimum absolute atomic E-state index is 0.0573. The quantitative estimate of drug-likeness (QED) is 0.810. The Balaban J connectivity index is 2.26. The van der Waals surface area contributed by atoms with Crippen molar-refractivity contribution in [1.29, 1.82) is 5.26 Å². The molecule has 2 N–H and O–H groups in total. The summed E-state index contributed by atoms with van der Waals surface area (Å²) in [5.74, 6) is -0.155. The molecule has 0 atom stereocenters. The van der Waals surface area contributed by atoms with Crippen molar-refractivity contribution in [2.24, 2.45) is 0 Å². The molecule has 0 bridgehead atoms. The number of pyridine rings is 1. The molecular weight excluding hydrogens is 235 g/mol. The molecule has 6 heteroatoms. The Hall–Kier alpha value is -2.65. The molecule has 0 aliphatic rings. The second-order valence-corrected chi connectivity index (χ2v) is 3.46. The molecule has 0 radical (unpaired) electrons. The minimum atomic E-state index is -0.578. The molecule has 0 amide bonds. The molecule has 2 rings (SSSR count). The molecule has 0 unspecified atom stereocenters. The van der Waals surface area contributed by atoms with Gasteiger partial charge in [-0.3, -0.25) is 0 Å². The number of nitrogens with zero attached hydrogens (tertiary/aromatic N) is 2. The van der Waals surface area contributed by atoms with Gasteiger partial charge in [0, 0.05) is 23.6 Å². The van der Waals surface area contributed by atoms with Gasteiger partial charge in [-0.1, -0.05) is 0 Å². The third-order valence-corrected chi connectivity index (χ3v) is 2.24. The van der Waals surface area contributed by atoms with Crippen LogP contribution in [0.2, 0.25) is 0 Å². The Labute approximate surface area is 102 Å². The molecule has 1 heterocycles. The molecule has 18 heavy (non-hydrogen) atoms. The maximum Gasteiger partial charge on any atom is 0.141 e. The van der Waals surface area contributed by atoms with Crippen LogP contribution in [0.25, 0.3) is 0 Å². The van der Waals surface area contributed by atoms with Crippen LogP contribution >= 0.6 is 0 Å². The van der Waals surface area contributed by atoms with Gasteiger partial charge < -0.3 is 16.0 Å². The van der Waals surface area contributed by atoms with Gasteiger partial charge in [0.2, 0.25) is 0 Å². The Kier molecular flexibility index (Phi) is 3.36. The van der Waals surface area contributed by atoms with Gasteiger partial charge in [0.15, 0.2) is 0 Å². The summed E-state index contributed by atoms with van der Waals surface area (Å²) in [5.41, 5.74) is 2.56. The van der Waals surface area contributed by atoms with Gasteiger partial charge in [-0.25, -0.2) is 9.37 Å². The van der Waals surface area contributed by atoms with Gasteiger partial charge in [-0.05, 0) is 24.3 Å². The highest BCUT2D eigenvalue weighted by molar-refractivity contribution is 5.62. The largest absolute Gasteiger partial charge is 0.761 e. The van der Waals surface area contributed by atoms with E-state index in [2.05, 4.69) is 10.3 Å². The highest BCUT2D eigenvalue weighted by Crippen LogP contribution is 2.19. The first-order valence-corrected chi connectivity index (χ1v) is 5.04. The molecule has 0 spiro atoms. The van der Waals surface area contributed by atoms with E-state index in [0.717, 1.165) is 0 Å². The van der Waals surface area contributed by atoms with E-state index in [0.29, 0.717) is 17.2 Å². The van der Waals surface area contributed by atoms with E-state index in [1.807, 2.05) is 0 Å². The molecule has 2 aromatic rings. The Bertz CT molecular complexity index is 609. The van der Waals surface area contributed by atoms with Crippen LogP contribution in [0.3, 0.4) is 0 Å². The summed E-state index contributed by atoms with van der Waals surface area (Å²) < 4.78 is 13.1. The van der Waals surface area contributed by atoms with Crippen LogP contribution < -0.4 is 10.8 Å². The second-order valence-electron chi connectivity index (χ2n) is 3.46. The van der Waals surface area contributed by atoms with Crippen LogP contribution in [0.4, 0.5) is 21.6 Å². The van der Waals surface area contributed by atoms with Crippen molar-refractivity contribution in [3.8, 4) is 6.07 Å². The van der Waals surface area contributed by atoms with E-state index in [1.54, 1.807) is 11.5 Å². The Morgan fingerprint density at radius 1 is 1.22 bits per heavy atom. The van der Waals surface area contributed by atoms with Crippen molar-refractivity contribution in [3.63, 3.8) is 0 Å². The summed E-state index contributed by atoms with van der Waals surface area (Å²) in [6.45, 7) is 0. The smallest absolute Gasteiger partial charge is 0.141 e. The number of rotatable bonds is 3. The number of aromatic nitrogens is 1. The first-order chi connectivity index (χ1) is 8.72. The van der Waals surface area contributed by atoms with E-state index in [9.17, 15) is 9.60 Å². The lowest BCUT2D eigenvalue weighted by atomic mass is 10.2. The lowest BCUT2D eigenvalue weighted by Crippen LogP contribution is -1.96. The summed E-state index contributed by atoms with van der Waals surface area (Å²) in [6.07, 6.45) is 1.46. The highest BCUT2D eigenvalue weighted by Gasteiger charge is 2.03. The normalized spacial score (nSPS) is 9.61. The summed E-state index contributed by atoms with van der Waals surface area (Å²) in [5, 5.41) is 22.1. The van der Waals surface area contributed by atoms with Crippen LogP contribution in [0.1, 0.15) is 5.56 Å². The van der Waals surface area contributed by atoms with Crippen molar-refractivity contribution < 1.29 is 4.39 Å². The van der Waals surface area contributed by atoms with Gasteiger partial charge in [0.1, 0.15) is 17.7 Å². The third-order valence-electron chi connectivity index (χ3n) is 2.24. The monoisotopic (exact) mass is 243 g/mol. The number of anilines is 3. The highest BCUT2D eigenvalue weighted by atomic mass is 19.1. The summed E-state index contributed by atoms with van der Waals surface area (Å²) in [7, 11) is 0. The van der Waals surface area contributed by atoms with Crippen LogP contribution in [-0.2, 0) is 0 Å². The zero-order valence-corrected chi connectivity index (χ0v) is 9.14. The molecule has 0 fully saturated rings. The molecular formula is C12H8FN4O-. The zero-order valence-electron chi connectivity index (χ0n) is 9.14. The standard InChI is InChI=1S/C12H8FN4O/c13-11-2-1-9(5-8(11)7-14)16-12-6-10(17-18)3-4-15-12/h1-6H,(H2-,15,16,17,18)/q-1. The predicted octanol–water partition coefficient (Wildman–Crippen LogP) is 2.75. The van der Waals surface area contributed by atoms with Crippen molar-refractivity contribution in [1.82, 2.24) is 4.98 Å². The molecule has 0 saturated carbocycles. The predicted molar refractivity (Wildman–Crippen MR) is 65.6 cm³/mol. The number of nitrogens with one attached hydrogen (secondary N) is 2. The summed E-state index contributed by atoms with van der Waals surface area (Å²) in [6, 6.07) is 8.81. The lowest BCUT2D eigenvalue weighted by molar-refractivity contribution is 0.624. The fraction of sp³-hybridized carbons (Fsp3) is 0. The topological polar surface area (TPSA) is 83.8 Å². The Morgan fingerprint density at radius 2 is 2.06 bits per heavy atom. The SMILES string of the molecule is N#Cc1cc(Nc2cc(N[O-])ccn2)ccc1F. The molecule has 5 nitrogen and oxygen atoms in total. The average molecular weight is 243 g/mol. The minimum Gasteiger partial charge on any atom is -0.761 e. The second kappa shape index (κ2) is 5.12. The molecule has 0 saturated heterocycles. The zero-order chi connectivity index (χ0) is 13.0. The van der Waals surface area contributed by atoms with Crippen LogP contribution in [-0.4, -0.2) is 4.98 Å². The average Bonchev–Trinajstić information content (AvgIpc) is 2.41. The number of benzene rings is 1. The van der Waals surface area contributed by atoms with Gasteiger partial charge in [0.05, 0.1) is 5.56 Å².